The second kappa shape index (κ2) is 9.15. The number of hydrogen-bond acceptors (Lipinski definition) is 2. The zero-order chi connectivity index (χ0) is 15.8. The van der Waals surface area contributed by atoms with Crippen molar-refractivity contribution >= 4 is 0 Å². The van der Waals surface area contributed by atoms with Gasteiger partial charge < -0.3 is 10.1 Å². The second-order valence-corrected chi connectivity index (χ2v) is 8.02. The smallest absolute Gasteiger partial charge is 0.0834 e. The van der Waals surface area contributed by atoms with E-state index in [-0.39, 0.29) is 5.60 Å². The van der Waals surface area contributed by atoms with E-state index in [0.717, 1.165) is 13.2 Å². The van der Waals surface area contributed by atoms with Gasteiger partial charge in [0.25, 0.3) is 0 Å². The molecule has 0 spiro atoms. The lowest BCUT2D eigenvalue weighted by Crippen LogP contribution is -2.53. The molecule has 0 amide bonds. The molecule has 0 aliphatic heterocycles. The van der Waals surface area contributed by atoms with Crippen molar-refractivity contribution in [1.29, 1.82) is 0 Å². The summed E-state index contributed by atoms with van der Waals surface area (Å²) in [6.45, 7) is 13.4. The third kappa shape index (κ3) is 6.69. The van der Waals surface area contributed by atoms with E-state index in [0.29, 0.717) is 11.5 Å². The Morgan fingerprint density at radius 2 is 1.67 bits per heavy atom. The fourth-order valence-electron chi connectivity index (χ4n) is 3.65. The summed E-state index contributed by atoms with van der Waals surface area (Å²) in [6, 6.07) is 0.523. The highest BCUT2D eigenvalue weighted by Gasteiger charge is 2.39. The Morgan fingerprint density at radius 1 is 1.05 bits per heavy atom. The summed E-state index contributed by atoms with van der Waals surface area (Å²) in [4.78, 5) is 0. The number of rotatable bonds is 8. The van der Waals surface area contributed by atoms with Gasteiger partial charge in [0.05, 0.1) is 5.60 Å². The van der Waals surface area contributed by atoms with E-state index in [4.69, 9.17) is 4.74 Å². The Balaban J connectivity index is 2.81. The Kier molecular flexibility index (Phi) is 8.26. The Morgan fingerprint density at radius 3 is 2.14 bits per heavy atom. The highest BCUT2D eigenvalue weighted by molar-refractivity contribution is 4.95. The van der Waals surface area contributed by atoms with Crippen LogP contribution in [-0.4, -0.2) is 24.8 Å². The molecule has 21 heavy (non-hydrogen) atoms. The van der Waals surface area contributed by atoms with Crippen molar-refractivity contribution in [3.05, 3.63) is 0 Å². The fraction of sp³-hybridized carbons (Fsp3) is 1.00. The van der Waals surface area contributed by atoms with E-state index < -0.39 is 0 Å². The number of hydrogen-bond donors (Lipinski definition) is 1. The minimum absolute atomic E-state index is 0.0890. The molecule has 1 aliphatic rings. The van der Waals surface area contributed by atoms with Crippen LogP contribution in [0.5, 0.6) is 0 Å². The largest absolute Gasteiger partial charge is 0.374 e. The lowest BCUT2D eigenvalue weighted by molar-refractivity contribution is -0.0801. The van der Waals surface area contributed by atoms with Crippen LogP contribution in [0.1, 0.15) is 92.4 Å². The summed E-state index contributed by atoms with van der Waals surface area (Å²) in [5.74, 6) is 0. The summed E-state index contributed by atoms with van der Waals surface area (Å²) in [6.07, 6.45) is 11.6. The van der Waals surface area contributed by atoms with Gasteiger partial charge in [-0.3, -0.25) is 0 Å². The number of nitrogens with one attached hydrogen (secondary N) is 1. The molecule has 0 heterocycles. The first-order valence-corrected chi connectivity index (χ1v) is 9.31. The van der Waals surface area contributed by atoms with E-state index in [9.17, 15) is 0 Å². The summed E-state index contributed by atoms with van der Waals surface area (Å²) in [7, 11) is 0. The Labute approximate surface area is 133 Å². The molecule has 126 valence electrons. The van der Waals surface area contributed by atoms with Crippen molar-refractivity contribution in [2.24, 2.45) is 5.41 Å². The van der Waals surface area contributed by atoms with Crippen LogP contribution in [0.15, 0.2) is 0 Å². The molecular weight excluding hydrogens is 258 g/mol. The maximum atomic E-state index is 6.41. The summed E-state index contributed by atoms with van der Waals surface area (Å²) >= 11 is 0. The third-order valence-corrected chi connectivity index (χ3v) is 4.84. The van der Waals surface area contributed by atoms with Crippen molar-refractivity contribution in [3.63, 3.8) is 0 Å². The molecule has 1 unspecified atom stereocenters. The van der Waals surface area contributed by atoms with Gasteiger partial charge in [0.2, 0.25) is 0 Å². The van der Waals surface area contributed by atoms with Gasteiger partial charge in [-0.25, -0.2) is 0 Å². The summed E-state index contributed by atoms with van der Waals surface area (Å²) < 4.78 is 6.41. The van der Waals surface area contributed by atoms with Crippen molar-refractivity contribution in [1.82, 2.24) is 5.32 Å². The predicted octanol–water partition coefficient (Wildman–Crippen LogP) is 5.31. The molecule has 1 rings (SSSR count). The molecule has 0 aromatic carbocycles. The highest BCUT2D eigenvalue weighted by atomic mass is 16.5. The highest BCUT2D eigenvalue weighted by Crippen LogP contribution is 2.36. The van der Waals surface area contributed by atoms with Crippen LogP contribution in [0, 0.1) is 5.41 Å². The maximum absolute atomic E-state index is 6.41. The third-order valence-electron chi connectivity index (χ3n) is 4.84. The molecule has 0 aromatic heterocycles. The van der Waals surface area contributed by atoms with Gasteiger partial charge in [0, 0.05) is 12.6 Å². The van der Waals surface area contributed by atoms with E-state index in [1.807, 2.05) is 0 Å². The molecular formula is C19H39NO. The molecule has 1 atom stereocenters. The van der Waals surface area contributed by atoms with Crippen molar-refractivity contribution in [2.45, 2.75) is 104 Å². The SMILES string of the molecule is CCCNC(CCC(C)(C)C)C1(OCC)CCCCCC1. The lowest BCUT2D eigenvalue weighted by Gasteiger charge is -2.42. The molecule has 0 aromatic rings. The van der Waals surface area contributed by atoms with Gasteiger partial charge >= 0.3 is 0 Å². The quantitative estimate of drug-likeness (QED) is 0.613. The standard InChI is InChI=1S/C19H39NO/c1-6-16-20-17(12-15-18(3,4)5)19(21-7-2)13-10-8-9-11-14-19/h17,20H,6-16H2,1-5H3. The molecule has 2 nitrogen and oxygen atoms in total. The molecule has 0 bridgehead atoms. The summed E-state index contributed by atoms with van der Waals surface area (Å²) in [5.41, 5.74) is 0.496. The van der Waals surface area contributed by atoms with Crippen LogP contribution in [0.2, 0.25) is 0 Å². The van der Waals surface area contributed by atoms with Crippen molar-refractivity contribution in [2.75, 3.05) is 13.2 Å². The molecule has 0 saturated heterocycles. The minimum atomic E-state index is 0.0890. The molecule has 1 saturated carbocycles. The van der Waals surface area contributed by atoms with Gasteiger partial charge in [0.1, 0.15) is 0 Å². The van der Waals surface area contributed by atoms with E-state index in [1.165, 1.54) is 57.8 Å². The van der Waals surface area contributed by atoms with Crippen LogP contribution in [-0.2, 0) is 4.74 Å². The molecule has 1 N–H and O–H groups in total. The van der Waals surface area contributed by atoms with Gasteiger partial charge in [-0.1, -0.05) is 53.4 Å². The second-order valence-electron chi connectivity index (χ2n) is 8.02. The van der Waals surface area contributed by atoms with Gasteiger partial charge in [-0.2, -0.15) is 0 Å². The minimum Gasteiger partial charge on any atom is -0.374 e. The molecule has 0 radical (unpaired) electrons. The van der Waals surface area contributed by atoms with Gasteiger partial charge in [0.15, 0.2) is 0 Å². The van der Waals surface area contributed by atoms with Gasteiger partial charge in [-0.05, 0) is 51.0 Å². The zero-order valence-electron chi connectivity index (χ0n) is 15.3. The topological polar surface area (TPSA) is 21.3 Å². The number of ether oxygens (including phenoxy) is 1. The Bertz CT molecular complexity index is 261. The Hall–Kier alpha value is -0.0800. The van der Waals surface area contributed by atoms with Crippen molar-refractivity contribution < 1.29 is 4.74 Å². The van der Waals surface area contributed by atoms with Gasteiger partial charge in [-0.15, -0.1) is 0 Å². The normalized spacial score (nSPS) is 21.0. The van der Waals surface area contributed by atoms with Crippen LogP contribution in [0.3, 0.4) is 0 Å². The van der Waals surface area contributed by atoms with E-state index in [2.05, 4.69) is 39.9 Å². The lowest BCUT2D eigenvalue weighted by atomic mass is 9.79. The van der Waals surface area contributed by atoms with Crippen LogP contribution < -0.4 is 5.32 Å². The molecule has 2 heteroatoms. The predicted molar refractivity (Wildman–Crippen MR) is 92.8 cm³/mol. The average molecular weight is 298 g/mol. The monoisotopic (exact) mass is 297 g/mol. The van der Waals surface area contributed by atoms with E-state index >= 15 is 0 Å². The van der Waals surface area contributed by atoms with Crippen molar-refractivity contribution in [3.8, 4) is 0 Å². The molecule has 1 fully saturated rings. The zero-order valence-corrected chi connectivity index (χ0v) is 15.3. The first-order valence-electron chi connectivity index (χ1n) is 9.31. The van der Waals surface area contributed by atoms with Crippen LogP contribution in [0.25, 0.3) is 0 Å². The summed E-state index contributed by atoms with van der Waals surface area (Å²) in [5, 5.41) is 3.84. The van der Waals surface area contributed by atoms with Crippen LogP contribution >= 0.6 is 0 Å². The van der Waals surface area contributed by atoms with Crippen LogP contribution in [0.4, 0.5) is 0 Å². The fourth-order valence-corrected chi connectivity index (χ4v) is 3.65. The molecule has 1 aliphatic carbocycles. The maximum Gasteiger partial charge on any atom is 0.0834 e. The first-order chi connectivity index (χ1) is 9.93. The average Bonchev–Trinajstić information content (AvgIpc) is 2.64. The van der Waals surface area contributed by atoms with E-state index in [1.54, 1.807) is 0 Å². The first kappa shape index (κ1) is 19.0.